The van der Waals surface area contributed by atoms with E-state index in [0.717, 1.165) is 80.3 Å². The average Bonchev–Trinajstić information content (AvgIpc) is 1.64. The highest BCUT2D eigenvalue weighted by molar-refractivity contribution is 5.90. The number of carbonyl (C=O) groups is 7. The predicted molar refractivity (Wildman–Crippen MR) is 473 cm³/mol. The number of methoxy groups -OCH3 is 5. The molecule has 0 saturated carbocycles. The first-order valence-corrected chi connectivity index (χ1v) is 39.6. The highest BCUT2D eigenvalue weighted by atomic mass is 19.1. The number of H-pyrrole nitrogens is 4. The fraction of sp³-hybridized carbons (Fsp3) is 0.224. The van der Waals surface area contributed by atoms with Crippen LogP contribution in [0, 0.1) is 53.6 Å². The summed E-state index contributed by atoms with van der Waals surface area (Å²) in [5.74, 6) is -3.37. The van der Waals surface area contributed by atoms with Crippen molar-refractivity contribution < 1.29 is 94.7 Å². The molecule has 0 saturated heterocycles. The van der Waals surface area contributed by atoms with Gasteiger partial charge in [0.05, 0.1) is 64.0 Å². The van der Waals surface area contributed by atoms with Crippen molar-refractivity contribution in [2.24, 2.45) is 0 Å². The van der Waals surface area contributed by atoms with Crippen molar-refractivity contribution in [3.8, 4) is 0 Å². The van der Waals surface area contributed by atoms with Crippen LogP contribution >= 0.6 is 0 Å². The average molecular weight is 1840 g/mol. The van der Waals surface area contributed by atoms with E-state index in [9.17, 15) is 81.5 Å². The van der Waals surface area contributed by atoms with Gasteiger partial charge in [0.15, 0.2) is 23.4 Å². The molecule has 44 nitrogen and oxygen atoms in total. The van der Waals surface area contributed by atoms with Gasteiger partial charge in [-0.2, -0.15) is 25.1 Å². The second-order valence-corrected chi connectivity index (χ2v) is 26.5. The minimum atomic E-state index is -1.30. The summed E-state index contributed by atoms with van der Waals surface area (Å²) in [6.45, 7) is 14.0. The number of pyridine rings is 2. The molecular weight excluding hydrogens is 1750 g/mol. The molecule has 0 amide bonds. The summed E-state index contributed by atoms with van der Waals surface area (Å²) in [5, 5.41) is 81.6. The van der Waals surface area contributed by atoms with E-state index in [2.05, 4.69) is 90.9 Å². The number of aldehydes is 2. The fourth-order valence-electron chi connectivity index (χ4n) is 11.3. The summed E-state index contributed by atoms with van der Waals surface area (Å²) in [6, 6.07) is 43.9. The number of aromatic nitrogens is 18. The molecule has 11 aromatic heterocycles. The molecule has 1 atom stereocenters. The quantitative estimate of drug-likeness (QED) is 0.00576. The van der Waals surface area contributed by atoms with Gasteiger partial charge in [-0.25, -0.2) is 51.5 Å². The lowest BCUT2D eigenvalue weighted by Crippen LogP contribution is -2.11. The molecule has 48 heteroatoms. The summed E-state index contributed by atoms with van der Waals surface area (Å²) in [7, 11) is 6.73. The number of hydrogen-bond donors (Lipinski definition) is 9. The summed E-state index contributed by atoms with van der Waals surface area (Å²) in [6.07, 6.45) is 8.55. The van der Waals surface area contributed by atoms with Gasteiger partial charge in [0.2, 0.25) is 0 Å². The first-order valence-electron chi connectivity index (χ1n) is 39.6. The first-order chi connectivity index (χ1) is 63.9. The monoisotopic (exact) mass is 1840 g/mol. The lowest BCUT2D eigenvalue weighted by atomic mass is 10.1. The van der Waals surface area contributed by atoms with Crippen molar-refractivity contribution in [2.45, 2.75) is 93.1 Å². The third-order valence-corrected chi connectivity index (χ3v) is 17.9. The number of carbonyl (C=O) groups excluding carboxylic acids is 6. The van der Waals surface area contributed by atoms with Gasteiger partial charge in [0, 0.05) is 124 Å². The smallest absolute Gasteiger partial charge is 0.390 e. The van der Waals surface area contributed by atoms with Gasteiger partial charge < -0.3 is 90.8 Å². The molecule has 0 fully saturated rings. The third-order valence-electron chi connectivity index (χ3n) is 17.9. The largest absolute Gasteiger partial charge is 0.476 e. The molecule has 15 aromatic rings. The molecule has 10 N–H and O–H groups in total. The van der Waals surface area contributed by atoms with Crippen LogP contribution in [0.2, 0.25) is 0 Å². The number of aromatic amines is 4. The maximum Gasteiger partial charge on any atom is 0.390 e. The van der Waals surface area contributed by atoms with Crippen LogP contribution in [-0.2, 0) is 76.0 Å². The minimum absolute atomic E-state index is 0.0849. The molecule has 1 unspecified atom stereocenters. The van der Waals surface area contributed by atoms with Crippen molar-refractivity contribution in [3.05, 3.63) is 316 Å². The molecule has 0 aliphatic heterocycles. The number of aryl methyl sites for hydroxylation is 5. The van der Waals surface area contributed by atoms with Crippen molar-refractivity contribution in [1.82, 2.24) is 89.2 Å². The Kier molecular flexibility index (Phi) is 40.1. The molecule has 0 aliphatic carbocycles. The number of ether oxygens (including phenoxy) is 5. The summed E-state index contributed by atoms with van der Waals surface area (Å²) < 4.78 is 82.4. The van der Waals surface area contributed by atoms with Crippen LogP contribution in [0.4, 0.5) is 58.3 Å². The molecule has 0 bridgehead atoms. The molecule has 0 radical (unpaired) electrons. The van der Waals surface area contributed by atoms with Crippen LogP contribution in [0.25, 0.3) is 22.1 Å². The number of carboxylic acids is 1. The second-order valence-electron chi connectivity index (χ2n) is 26.5. The van der Waals surface area contributed by atoms with Crippen molar-refractivity contribution in [3.63, 3.8) is 0 Å². The number of nitrogens with two attached hydrogens (primary N) is 1. The van der Waals surface area contributed by atoms with Crippen LogP contribution < -0.4 is 21.7 Å². The zero-order chi connectivity index (χ0) is 97.2. The molecule has 0 aliphatic rings. The van der Waals surface area contributed by atoms with Gasteiger partial charge in [-0.15, -0.1) is 10.2 Å². The number of esters is 4. The van der Waals surface area contributed by atoms with E-state index in [1.165, 1.54) is 105 Å². The van der Waals surface area contributed by atoms with Crippen molar-refractivity contribution in [2.75, 3.05) is 57.2 Å². The number of nitrogens with zero attached hydrogens (tertiary/aromatic N) is 17. The molecule has 4 aromatic carbocycles. The maximum absolute atomic E-state index is 13.1. The first kappa shape index (κ1) is 103. The van der Waals surface area contributed by atoms with Gasteiger partial charge in [-0.3, -0.25) is 28.3 Å². The van der Waals surface area contributed by atoms with Crippen molar-refractivity contribution in [1.29, 1.82) is 0 Å². The normalized spacial score (nSPS) is 10.4. The second kappa shape index (κ2) is 52.0. The third kappa shape index (κ3) is 30.9. The van der Waals surface area contributed by atoms with Crippen LogP contribution in [-0.4, -0.2) is 187 Å². The maximum atomic E-state index is 13.1. The Bertz CT molecular complexity index is 6260. The molecule has 698 valence electrons. The van der Waals surface area contributed by atoms with Crippen molar-refractivity contribution >= 4 is 105 Å². The SMILES string of the molecule is CCn1nc(N)cc1C(=O)OC.CCn1nc(NCc2ccc(F)cc2)cc1C(=O)OC.CCn1nc(NCc2ccc(F)cc2)cc1C(OC)c1c[nH]c2ncccc12.CCn1nc(NCc2ccc(F)cc2)cc1C=O.CCn1nc([N+](=O)[O-])cc1C(=O)OC.COC(=O)c1cc([N+](=O)[O-])[nH]n1.O=C(O)c1cc([N+](=O)[O-])[nH]n1.O=Cc1ccc(F)cc1.c1cnc2[nH]ccc2c1. The van der Waals surface area contributed by atoms with E-state index in [-0.39, 0.29) is 58.1 Å². The predicted octanol–water partition coefficient (Wildman–Crippen LogP) is 13.4. The van der Waals surface area contributed by atoms with Crippen LogP contribution in [0.1, 0.15) is 142 Å². The van der Waals surface area contributed by atoms with E-state index in [4.69, 9.17) is 20.3 Å². The van der Waals surface area contributed by atoms with E-state index < -0.39 is 50.4 Å². The molecule has 133 heavy (non-hydrogen) atoms. The minimum Gasteiger partial charge on any atom is -0.476 e. The zero-order valence-electron chi connectivity index (χ0n) is 72.9. The standard InChI is InChI=1S/C21H22FN5O.C14H16FN3O2.C13H14FN3O.C7H5FO.C7H9N3O4.C7H11N3O2.C7H6N2.C5H5N3O4.C4H3N3O4/c1-3-27-18(11-19(26-27)24-12-14-6-8-15(22)9-7-14)20(28-2)17-13-25-21-16(17)5-4-10-23-21;1-3-18-12(14(19)20-2)8-13(17-18)16-9-10-4-6-11(15)7-5-10;1-2-17-12(9-18)7-13(16-17)15-8-10-3-5-11(14)6-4-10;8-7-3-1-6(5-9)2-4-7;1-3-9-5(7(11)14-2)4-6(8-9)10(12)13;1-3-10-5(7(11)12-2)4-6(8)9-10;1-2-6-3-5-9-7(6)8-4-1;1-12-5(9)3-2-4(7-6-3)8(10)11;8-4(9)2-1-3(6-5-2)7(10)11/h4-11,13,20H,3,12H2,1-2H3,(H,23,25)(H,24,26);4-8H,3,9H2,1-2H3,(H,16,17);3-7,9H,2,8H2,1H3,(H,15,16);1-5H;4H,3H2,1-2H3;4H,3H2,1-2H3,(H2,8,9);1-5H,(H,8,9);2H,1H3,(H,6,7);1H,(H,5,6)(H,8,9). The van der Waals surface area contributed by atoms with E-state index in [1.807, 2.05) is 86.3 Å². The number of aromatic carboxylic acids is 1. The number of rotatable bonds is 27. The number of nitro groups is 3. The highest BCUT2D eigenvalue weighted by Gasteiger charge is 2.26. The topological polar surface area (TPSA) is 581 Å². The Morgan fingerprint density at radius 1 is 0.481 bits per heavy atom. The van der Waals surface area contributed by atoms with E-state index in [1.54, 1.807) is 84.3 Å². The van der Waals surface area contributed by atoms with Crippen LogP contribution in [0.3, 0.4) is 0 Å². The number of hydrogen-bond acceptors (Lipinski definition) is 31. The Balaban J connectivity index is 0.000000209. The summed E-state index contributed by atoms with van der Waals surface area (Å²) in [4.78, 5) is 118. The molecule has 15 rings (SSSR count). The Morgan fingerprint density at radius 2 is 0.910 bits per heavy atom. The number of fused-ring (bicyclic) bond motifs is 2. The fourth-order valence-corrected chi connectivity index (χ4v) is 11.3. The summed E-state index contributed by atoms with van der Waals surface area (Å²) >= 11 is 0. The highest BCUT2D eigenvalue weighted by Crippen LogP contribution is 2.33. The number of nitrogen functional groups attached to an aromatic ring is 1. The van der Waals surface area contributed by atoms with E-state index >= 15 is 0 Å². The number of benzene rings is 4. The van der Waals surface area contributed by atoms with Gasteiger partial charge in [-0.05, 0) is 157 Å². The van der Waals surface area contributed by atoms with Gasteiger partial charge in [-0.1, -0.05) is 46.6 Å². The number of nitrogens with one attached hydrogen (secondary N) is 7. The zero-order valence-corrected chi connectivity index (χ0v) is 72.9. The number of halogens is 4. The number of carboxylic acid groups (broad SMARTS) is 1. The van der Waals surface area contributed by atoms with Gasteiger partial charge >= 0.3 is 47.3 Å². The Hall–Kier alpha value is -17.5. The van der Waals surface area contributed by atoms with Crippen LogP contribution in [0.5, 0.6) is 0 Å². The lowest BCUT2D eigenvalue weighted by Gasteiger charge is -2.16. The molecular formula is C85H91F4N25O19. The van der Waals surface area contributed by atoms with E-state index in [0.29, 0.717) is 98.7 Å². The number of anilines is 4. The Morgan fingerprint density at radius 3 is 1.35 bits per heavy atom. The lowest BCUT2D eigenvalue weighted by molar-refractivity contribution is -0.389. The van der Waals surface area contributed by atoms with Gasteiger partial charge in [0.1, 0.15) is 87.3 Å². The molecule has 11 heterocycles. The summed E-state index contributed by atoms with van der Waals surface area (Å²) in [5.41, 5.74) is 13.5. The van der Waals surface area contributed by atoms with Crippen LogP contribution in [0.15, 0.2) is 195 Å². The molecule has 0 spiro atoms. The Labute approximate surface area is 752 Å². The van der Waals surface area contributed by atoms with Gasteiger partial charge in [0.25, 0.3) is 0 Å².